The van der Waals surface area contributed by atoms with Crippen LogP contribution in [0.2, 0.25) is 10.6 Å². The van der Waals surface area contributed by atoms with Crippen LogP contribution in [0.5, 0.6) is 0 Å². The van der Waals surface area contributed by atoms with Crippen LogP contribution in [0.1, 0.15) is 41.5 Å². The zero-order valence-corrected chi connectivity index (χ0v) is 14.1. The lowest BCUT2D eigenvalue weighted by molar-refractivity contribution is -0.523. The maximum Gasteiger partial charge on any atom is 0.460 e. The fourth-order valence-corrected chi connectivity index (χ4v) is 2.71. The van der Waals surface area contributed by atoms with Crippen molar-refractivity contribution in [2.75, 3.05) is 26.4 Å². The van der Waals surface area contributed by atoms with Crippen molar-refractivity contribution >= 4 is 14.5 Å². The average Bonchev–Trinajstić information content (AvgIpc) is 2.38. The fraction of sp³-hybridized carbons (Fsp3) is 1.00. The van der Waals surface area contributed by atoms with Gasteiger partial charge in [-0.3, -0.25) is 14.5 Å². The van der Waals surface area contributed by atoms with Gasteiger partial charge < -0.3 is 3.79 Å². The number of rotatable bonds is 10. The monoisotopic (exact) mass is 279 g/mol. The molecule has 0 fully saturated rings. The van der Waals surface area contributed by atoms with Gasteiger partial charge in [0.2, 0.25) is 0 Å². The van der Waals surface area contributed by atoms with E-state index in [-0.39, 0.29) is 0 Å². The molecule has 0 aromatic rings. The third-order valence-electron chi connectivity index (χ3n) is 2.02. The van der Waals surface area contributed by atoms with Crippen LogP contribution < -0.4 is 0 Å². The molecule has 110 valence electrons. The summed E-state index contributed by atoms with van der Waals surface area (Å²) >= 11 is -0.692. The number of hydrogen-bond acceptors (Lipinski definition) is 5. The summed E-state index contributed by atoms with van der Waals surface area (Å²) in [7, 11) is 0. The second kappa shape index (κ2) is 17.3. The highest BCUT2D eigenvalue weighted by Gasteiger charge is 2.12. The average molecular weight is 279 g/mol. The zero-order valence-electron chi connectivity index (χ0n) is 12.9. The SMILES string of the molecule is CCON(OCC)OCC.CC[O][Al]([CH2]C)[CH2]C. The van der Waals surface area contributed by atoms with E-state index in [1.807, 2.05) is 20.8 Å². The van der Waals surface area contributed by atoms with Crippen molar-refractivity contribution < 1.29 is 18.3 Å². The zero-order chi connectivity index (χ0) is 14.2. The van der Waals surface area contributed by atoms with E-state index in [1.165, 1.54) is 10.6 Å². The predicted octanol–water partition coefficient (Wildman–Crippen LogP) is 3.20. The lowest BCUT2D eigenvalue weighted by Gasteiger charge is -2.16. The third-order valence-corrected chi connectivity index (χ3v) is 4.64. The molecule has 5 nitrogen and oxygen atoms in total. The molecule has 6 heteroatoms. The Bertz CT molecular complexity index is 134. The van der Waals surface area contributed by atoms with E-state index in [4.69, 9.17) is 18.3 Å². The highest BCUT2D eigenvalue weighted by molar-refractivity contribution is 6.51. The topological polar surface area (TPSA) is 40.2 Å². The van der Waals surface area contributed by atoms with E-state index >= 15 is 0 Å². The van der Waals surface area contributed by atoms with Crippen molar-refractivity contribution in [1.29, 1.82) is 0 Å². The van der Waals surface area contributed by atoms with Crippen molar-refractivity contribution in [2.45, 2.75) is 52.1 Å². The van der Waals surface area contributed by atoms with Crippen LogP contribution in [0.3, 0.4) is 0 Å². The maximum absolute atomic E-state index is 5.48. The van der Waals surface area contributed by atoms with Crippen molar-refractivity contribution in [1.82, 2.24) is 5.39 Å². The summed E-state index contributed by atoms with van der Waals surface area (Å²) in [6.07, 6.45) is 0. The van der Waals surface area contributed by atoms with Crippen LogP contribution in [-0.2, 0) is 18.3 Å². The van der Waals surface area contributed by atoms with Crippen molar-refractivity contribution in [2.24, 2.45) is 0 Å². The van der Waals surface area contributed by atoms with E-state index in [0.29, 0.717) is 19.8 Å². The Morgan fingerprint density at radius 3 is 1.22 bits per heavy atom. The quantitative estimate of drug-likeness (QED) is 0.453. The molecule has 0 aromatic carbocycles. The van der Waals surface area contributed by atoms with Gasteiger partial charge in [-0.05, 0) is 27.7 Å². The lowest BCUT2D eigenvalue weighted by atomic mass is 10.9. The highest BCUT2D eigenvalue weighted by Crippen LogP contribution is 1.98. The molecule has 0 unspecified atom stereocenters. The van der Waals surface area contributed by atoms with Crippen molar-refractivity contribution in [3.63, 3.8) is 0 Å². The summed E-state index contributed by atoms with van der Waals surface area (Å²) in [5.41, 5.74) is 0. The predicted molar refractivity (Wildman–Crippen MR) is 75.1 cm³/mol. The molecule has 0 saturated carbocycles. The Balaban J connectivity index is 0. The van der Waals surface area contributed by atoms with Crippen molar-refractivity contribution in [3.05, 3.63) is 0 Å². The van der Waals surface area contributed by atoms with Crippen LogP contribution in [0.4, 0.5) is 0 Å². The smallest absolute Gasteiger partial charge is 0.460 e. The van der Waals surface area contributed by atoms with Gasteiger partial charge in [-0.25, -0.2) is 0 Å². The Morgan fingerprint density at radius 1 is 0.667 bits per heavy atom. The molecule has 0 aromatic heterocycles. The summed E-state index contributed by atoms with van der Waals surface area (Å²) in [4.78, 5) is 14.7. The summed E-state index contributed by atoms with van der Waals surface area (Å²) in [5, 5.41) is 3.61. The van der Waals surface area contributed by atoms with E-state index in [9.17, 15) is 0 Å². The van der Waals surface area contributed by atoms with Crippen LogP contribution >= 0.6 is 0 Å². The maximum atomic E-state index is 5.48. The Kier molecular flexibility index (Phi) is 19.9. The molecule has 0 saturated heterocycles. The van der Waals surface area contributed by atoms with Crippen LogP contribution in [0.15, 0.2) is 0 Å². The highest BCUT2D eigenvalue weighted by atomic mass is 27.2. The third kappa shape index (κ3) is 14.4. The molecule has 0 aliphatic heterocycles. The molecule has 0 aliphatic rings. The van der Waals surface area contributed by atoms with Gasteiger partial charge in [0.1, 0.15) is 0 Å². The van der Waals surface area contributed by atoms with E-state index in [1.54, 1.807) is 0 Å². The fourth-order valence-electron chi connectivity index (χ4n) is 1.19. The minimum Gasteiger partial charge on any atom is -0.501 e. The molecule has 0 rings (SSSR count). The van der Waals surface area contributed by atoms with E-state index in [0.717, 1.165) is 12.0 Å². The van der Waals surface area contributed by atoms with Gasteiger partial charge in [0.25, 0.3) is 0 Å². The molecule has 18 heavy (non-hydrogen) atoms. The Morgan fingerprint density at radius 2 is 1.06 bits per heavy atom. The van der Waals surface area contributed by atoms with Gasteiger partial charge in [0.05, 0.1) is 25.2 Å². The Hall–Kier alpha value is 0.332. The molecule has 0 spiro atoms. The normalized spacial score (nSPS) is 10.2. The largest absolute Gasteiger partial charge is 0.501 e. The molecular weight excluding hydrogens is 249 g/mol. The second-order valence-electron chi connectivity index (χ2n) is 3.37. The molecule has 0 atom stereocenters. The van der Waals surface area contributed by atoms with Gasteiger partial charge in [-0.15, -0.1) is 0 Å². The first kappa shape index (κ1) is 20.6. The molecule has 0 radical (unpaired) electrons. The molecule has 0 heterocycles. The standard InChI is InChI=1S/C6H15NO3.C2H5O.2C2H5.Al/c1-4-8-7(9-5-2)10-6-3;1-2-3;2*1-2;/h4-6H2,1-3H3;2H2,1H3;2*1H2,2H3;/q;-1;;;+1. The minimum absolute atomic E-state index is 0.542. The first-order valence-corrected chi connectivity index (χ1v) is 9.10. The second-order valence-corrected chi connectivity index (χ2v) is 6.58. The van der Waals surface area contributed by atoms with Gasteiger partial charge in [-0.2, -0.15) is 0 Å². The summed E-state index contributed by atoms with van der Waals surface area (Å²) in [6, 6.07) is 0. The van der Waals surface area contributed by atoms with Gasteiger partial charge in [0, 0.05) is 6.61 Å². The van der Waals surface area contributed by atoms with Crippen molar-refractivity contribution in [3.8, 4) is 0 Å². The van der Waals surface area contributed by atoms with Gasteiger partial charge in [0.15, 0.2) is 0 Å². The van der Waals surface area contributed by atoms with E-state index in [2.05, 4.69) is 20.8 Å². The molecule has 0 aliphatic carbocycles. The van der Waals surface area contributed by atoms with Crippen LogP contribution in [0, 0.1) is 0 Å². The summed E-state index contributed by atoms with van der Waals surface area (Å²) in [6.45, 7) is 14.6. The lowest BCUT2D eigenvalue weighted by Crippen LogP contribution is -2.24. The number of nitrogens with zero attached hydrogens (tertiary/aromatic N) is 1. The van der Waals surface area contributed by atoms with Crippen LogP contribution in [0.25, 0.3) is 0 Å². The molecular formula is C12H30AlNO4. The van der Waals surface area contributed by atoms with E-state index < -0.39 is 14.5 Å². The summed E-state index contributed by atoms with van der Waals surface area (Å²) < 4.78 is 5.48. The minimum atomic E-state index is -0.692. The number of hydrogen-bond donors (Lipinski definition) is 0. The van der Waals surface area contributed by atoms with Gasteiger partial charge >= 0.3 is 14.5 Å². The van der Waals surface area contributed by atoms with Gasteiger partial charge in [-0.1, -0.05) is 24.4 Å². The first-order chi connectivity index (χ1) is 8.69. The molecule has 0 amide bonds. The summed E-state index contributed by atoms with van der Waals surface area (Å²) in [5.74, 6) is 0. The molecule has 0 bridgehead atoms. The molecule has 0 N–H and O–H groups in total. The Labute approximate surface area is 117 Å². The first-order valence-electron chi connectivity index (χ1n) is 7.00. The van der Waals surface area contributed by atoms with Crippen LogP contribution in [-0.4, -0.2) is 46.3 Å².